The number of aliphatic hydroxyl groups is 1. The Kier molecular flexibility index (Phi) is 7.85. The van der Waals surface area contributed by atoms with E-state index in [1.54, 1.807) is 18.3 Å². The normalized spacial score (nSPS) is 16.2. The molecule has 1 aliphatic heterocycles. The van der Waals surface area contributed by atoms with Crippen LogP contribution in [0.2, 0.25) is 10.0 Å². The van der Waals surface area contributed by atoms with Gasteiger partial charge in [0.2, 0.25) is 5.95 Å². The monoisotopic (exact) mass is 611 g/mol. The van der Waals surface area contributed by atoms with Crippen molar-refractivity contribution in [3.63, 3.8) is 0 Å². The lowest BCUT2D eigenvalue weighted by molar-refractivity contribution is -0.207. The molecule has 0 radical (unpaired) electrons. The summed E-state index contributed by atoms with van der Waals surface area (Å²) in [6.45, 7) is 4.65. The Morgan fingerprint density at radius 2 is 1.88 bits per heavy atom. The maximum Gasteiger partial charge on any atom is 0.416 e. The molecule has 2 N–H and O–H groups in total. The van der Waals surface area contributed by atoms with Crippen molar-refractivity contribution in [3.8, 4) is 17.2 Å². The first kappa shape index (κ1) is 29.0. The molecule has 1 aliphatic rings. The standard InChI is InChI=1S/C25H26Cl2F3N9O2/c1-24(2)14-36(11-10-32-24)22-33-19(34-39(22)21-17(27)4-3-9-31-21)13-38-23(41)37(12-18(40)25(28,29)30)20(35-38)15-5-7-16(26)8-6-15/h3-9,18,32,40H,10-14H2,1-2H3/t18-/m0/s1. The highest BCUT2D eigenvalue weighted by molar-refractivity contribution is 6.32. The smallest absolute Gasteiger partial charge is 0.382 e. The Morgan fingerprint density at radius 1 is 1.15 bits per heavy atom. The van der Waals surface area contributed by atoms with Gasteiger partial charge in [0, 0.05) is 42.0 Å². The van der Waals surface area contributed by atoms with Crippen LogP contribution in [0.25, 0.3) is 17.2 Å². The molecule has 0 spiro atoms. The Hall–Kier alpha value is -3.46. The lowest BCUT2D eigenvalue weighted by Gasteiger charge is -2.39. The maximum atomic E-state index is 13.3. The zero-order valence-corrected chi connectivity index (χ0v) is 23.5. The third-order valence-electron chi connectivity index (χ3n) is 6.48. The molecule has 11 nitrogen and oxygen atoms in total. The van der Waals surface area contributed by atoms with Gasteiger partial charge in [-0.25, -0.2) is 14.5 Å². The molecule has 0 unspecified atom stereocenters. The van der Waals surface area contributed by atoms with E-state index in [-0.39, 0.29) is 23.7 Å². The summed E-state index contributed by atoms with van der Waals surface area (Å²) in [5.41, 5.74) is -0.775. The minimum atomic E-state index is -4.94. The fraction of sp³-hybridized carbons (Fsp3) is 0.400. The molecule has 0 saturated carbocycles. The van der Waals surface area contributed by atoms with Crippen molar-refractivity contribution in [1.82, 2.24) is 39.4 Å². The van der Waals surface area contributed by atoms with Crippen LogP contribution in [-0.2, 0) is 13.1 Å². The Morgan fingerprint density at radius 3 is 2.54 bits per heavy atom. The van der Waals surface area contributed by atoms with Gasteiger partial charge in [-0.15, -0.1) is 10.2 Å². The Bertz CT molecular complexity index is 1600. The van der Waals surface area contributed by atoms with E-state index in [1.165, 1.54) is 28.9 Å². The fourth-order valence-corrected chi connectivity index (χ4v) is 4.86. The second-order valence-corrected chi connectivity index (χ2v) is 11.1. The number of hydrogen-bond donors (Lipinski definition) is 2. The molecule has 1 fully saturated rings. The first-order valence-electron chi connectivity index (χ1n) is 12.6. The molecule has 41 heavy (non-hydrogen) atoms. The quantitative estimate of drug-likeness (QED) is 0.327. The van der Waals surface area contributed by atoms with Gasteiger partial charge in [-0.1, -0.05) is 23.2 Å². The third kappa shape index (κ3) is 6.25. The van der Waals surface area contributed by atoms with E-state index in [1.807, 2.05) is 18.7 Å². The lowest BCUT2D eigenvalue weighted by Crippen LogP contribution is -2.57. The molecule has 218 valence electrons. The average molecular weight is 612 g/mol. The Balaban J connectivity index is 1.57. The molecule has 0 bridgehead atoms. The van der Waals surface area contributed by atoms with E-state index >= 15 is 0 Å². The van der Waals surface area contributed by atoms with E-state index in [0.29, 0.717) is 47.0 Å². The number of alkyl halides is 3. The van der Waals surface area contributed by atoms with Gasteiger partial charge in [0.25, 0.3) is 0 Å². The minimum Gasteiger partial charge on any atom is -0.382 e. The number of nitrogens with zero attached hydrogens (tertiary/aromatic N) is 8. The molecule has 1 aromatic carbocycles. The molecule has 4 aromatic rings. The molecule has 0 aliphatic carbocycles. The first-order chi connectivity index (χ1) is 19.3. The number of aliphatic hydroxyl groups excluding tert-OH is 1. The van der Waals surface area contributed by atoms with Crippen LogP contribution in [0.4, 0.5) is 19.1 Å². The highest BCUT2D eigenvalue weighted by Crippen LogP contribution is 2.26. The summed E-state index contributed by atoms with van der Waals surface area (Å²) in [7, 11) is 0. The Labute approximate surface area is 242 Å². The number of hydrogen-bond acceptors (Lipinski definition) is 8. The van der Waals surface area contributed by atoms with Crippen LogP contribution in [0.1, 0.15) is 19.7 Å². The van der Waals surface area contributed by atoms with Crippen molar-refractivity contribution in [3.05, 3.63) is 68.9 Å². The van der Waals surface area contributed by atoms with Gasteiger partial charge in [0.15, 0.2) is 23.6 Å². The van der Waals surface area contributed by atoms with E-state index in [9.17, 15) is 23.1 Å². The second-order valence-electron chi connectivity index (χ2n) is 10.2. The SMILES string of the molecule is CC1(C)CN(c2nc(Cn3nc(-c4ccc(Cl)cc4)n(C[C@H](O)C(F)(F)F)c3=O)nn2-c2ncccc2Cl)CCN1. The number of aromatic nitrogens is 7. The fourth-order valence-electron chi connectivity index (χ4n) is 4.54. The van der Waals surface area contributed by atoms with Gasteiger partial charge >= 0.3 is 11.9 Å². The summed E-state index contributed by atoms with van der Waals surface area (Å²) in [5.74, 6) is 0.843. The highest BCUT2D eigenvalue weighted by atomic mass is 35.5. The van der Waals surface area contributed by atoms with Crippen LogP contribution in [0, 0.1) is 0 Å². The van der Waals surface area contributed by atoms with Crippen LogP contribution in [0.15, 0.2) is 47.4 Å². The topological polar surface area (TPSA) is 119 Å². The highest BCUT2D eigenvalue weighted by Gasteiger charge is 2.39. The zero-order chi connectivity index (χ0) is 29.5. The van der Waals surface area contributed by atoms with Crippen molar-refractivity contribution in [2.75, 3.05) is 24.5 Å². The third-order valence-corrected chi connectivity index (χ3v) is 7.02. The van der Waals surface area contributed by atoms with Gasteiger partial charge in [0.05, 0.1) is 11.6 Å². The van der Waals surface area contributed by atoms with Gasteiger partial charge in [-0.3, -0.25) is 4.57 Å². The molecular weight excluding hydrogens is 586 g/mol. The summed E-state index contributed by atoms with van der Waals surface area (Å²) in [6, 6.07) is 9.42. The molecule has 16 heteroatoms. The molecule has 1 saturated heterocycles. The first-order valence-corrected chi connectivity index (χ1v) is 13.3. The zero-order valence-electron chi connectivity index (χ0n) is 22.0. The number of benzene rings is 1. The van der Waals surface area contributed by atoms with Crippen LogP contribution in [0.5, 0.6) is 0 Å². The number of pyridine rings is 1. The summed E-state index contributed by atoms with van der Waals surface area (Å²) < 4.78 is 42.9. The number of nitrogens with one attached hydrogen (secondary N) is 1. The maximum absolute atomic E-state index is 13.3. The summed E-state index contributed by atoms with van der Waals surface area (Å²) >= 11 is 12.4. The molecule has 4 heterocycles. The summed E-state index contributed by atoms with van der Waals surface area (Å²) in [5, 5.41) is 22.8. The van der Waals surface area contributed by atoms with E-state index in [4.69, 9.17) is 23.2 Å². The molecular formula is C25H26Cl2F3N9O2. The van der Waals surface area contributed by atoms with Crippen molar-refractivity contribution in [2.24, 2.45) is 0 Å². The van der Waals surface area contributed by atoms with Crippen molar-refractivity contribution < 1.29 is 18.3 Å². The molecule has 3 aromatic heterocycles. The van der Waals surface area contributed by atoms with Crippen LogP contribution < -0.4 is 15.9 Å². The van der Waals surface area contributed by atoms with E-state index < -0.39 is 24.5 Å². The second kappa shape index (κ2) is 11.1. The summed E-state index contributed by atoms with van der Waals surface area (Å²) in [6.07, 6.45) is -6.16. The lowest BCUT2D eigenvalue weighted by atomic mass is 10.0. The number of anilines is 1. The van der Waals surface area contributed by atoms with Gasteiger partial charge in [-0.05, 0) is 50.2 Å². The number of piperazine rings is 1. The van der Waals surface area contributed by atoms with E-state index in [0.717, 1.165) is 9.25 Å². The van der Waals surface area contributed by atoms with E-state index in [2.05, 4.69) is 25.5 Å². The van der Waals surface area contributed by atoms with Crippen LogP contribution in [-0.4, -0.2) is 76.7 Å². The number of rotatable bonds is 7. The molecule has 5 rings (SSSR count). The van der Waals surface area contributed by atoms with Gasteiger partial charge in [-0.2, -0.15) is 22.8 Å². The van der Waals surface area contributed by atoms with Crippen LogP contribution in [0.3, 0.4) is 0 Å². The van der Waals surface area contributed by atoms with Gasteiger partial charge < -0.3 is 15.3 Å². The molecule has 0 amide bonds. The van der Waals surface area contributed by atoms with Crippen molar-refractivity contribution >= 4 is 29.2 Å². The average Bonchev–Trinajstić information content (AvgIpc) is 3.45. The van der Waals surface area contributed by atoms with Crippen molar-refractivity contribution in [2.45, 2.75) is 44.8 Å². The predicted octanol–water partition coefficient (Wildman–Crippen LogP) is 3.15. The van der Waals surface area contributed by atoms with Crippen LogP contribution >= 0.6 is 23.2 Å². The molecule has 1 atom stereocenters. The summed E-state index contributed by atoms with van der Waals surface area (Å²) in [4.78, 5) is 24.4. The number of halogens is 5. The largest absolute Gasteiger partial charge is 0.416 e. The van der Waals surface area contributed by atoms with Crippen molar-refractivity contribution in [1.29, 1.82) is 0 Å². The predicted molar refractivity (Wildman–Crippen MR) is 147 cm³/mol. The minimum absolute atomic E-state index is 0.0775. The van der Waals surface area contributed by atoms with Gasteiger partial charge in [0.1, 0.15) is 6.54 Å².